The first-order valence-electron chi connectivity index (χ1n) is 7.36. The van der Waals surface area contributed by atoms with Gasteiger partial charge in [0.15, 0.2) is 0 Å². The Labute approximate surface area is 123 Å². The molecule has 0 fully saturated rings. The van der Waals surface area contributed by atoms with E-state index in [9.17, 15) is 8.42 Å². The molecule has 1 N–H and O–H groups in total. The lowest BCUT2D eigenvalue weighted by Crippen LogP contribution is -2.32. The molecule has 0 radical (unpaired) electrons. The molecule has 0 atom stereocenters. The monoisotopic (exact) mass is 298 g/mol. The standard InChI is InChI=1S/C15H26N2O2S/c1-4-11-17(12-5-2)20(18,19)15-9-7-14(8-10-15)13-16-6-3/h7-10,16H,4-6,11-13H2,1-3H3. The molecule has 5 heteroatoms. The molecule has 0 unspecified atom stereocenters. The largest absolute Gasteiger partial charge is 0.313 e. The summed E-state index contributed by atoms with van der Waals surface area (Å²) < 4.78 is 26.7. The summed E-state index contributed by atoms with van der Waals surface area (Å²) in [5.41, 5.74) is 1.10. The highest BCUT2D eigenvalue weighted by Crippen LogP contribution is 2.17. The van der Waals surface area contributed by atoms with Crippen molar-refractivity contribution >= 4 is 10.0 Å². The number of hydrogen-bond donors (Lipinski definition) is 1. The fourth-order valence-corrected chi connectivity index (χ4v) is 3.67. The second-order valence-electron chi connectivity index (χ2n) is 4.83. The fourth-order valence-electron chi connectivity index (χ4n) is 2.05. The fraction of sp³-hybridized carbons (Fsp3) is 0.600. The molecule has 0 amide bonds. The summed E-state index contributed by atoms with van der Waals surface area (Å²) in [7, 11) is -3.35. The quantitative estimate of drug-likeness (QED) is 0.762. The van der Waals surface area contributed by atoms with Crippen molar-refractivity contribution in [1.29, 1.82) is 0 Å². The lowest BCUT2D eigenvalue weighted by molar-refractivity contribution is 0.410. The molecule has 0 heterocycles. The number of benzene rings is 1. The second-order valence-corrected chi connectivity index (χ2v) is 6.77. The minimum atomic E-state index is -3.35. The van der Waals surface area contributed by atoms with Gasteiger partial charge in [-0.15, -0.1) is 0 Å². The molecule has 4 nitrogen and oxygen atoms in total. The molecule has 0 aliphatic carbocycles. The molecule has 0 bridgehead atoms. The number of rotatable bonds is 9. The third kappa shape index (κ3) is 4.58. The third-order valence-electron chi connectivity index (χ3n) is 3.09. The van der Waals surface area contributed by atoms with Crippen molar-refractivity contribution in [3.63, 3.8) is 0 Å². The van der Waals surface area contributed by atoms with Gasteiger partial charge < -0.3 is 5.32 Å². The molecular weight excluding hydrogens is 272 g/mol. The SMILES string of the molecule is CCCN(CCC)S(=O)(=O)c1ccc(CNCC)cc1. The highest BCUT2D eigenvalue weighted by atomic mass is 32.2. The van der Waals surface area contributed by atoms with E-state index in [0.29, 0.717) is 18.0 Å². The van der Waals surface area contributed by atoms with Crippen LogP contribution in [0.4, 0.5) is 0 Å². The predicted molar refractivity (Wildman–Crippen MR) is 83.2 cm³/mol. The van der Waals surface area contributed by atoms with Gasteiger partial charge in [0.05, 0.1) is 4.90 Å². The lowest BCUT2D eigenvalue weighted by Gasteiger charge is -2.21. The van der Waals surface area contributed by atoms with E-state index in [1.54, 1.807) is 16.4 Å². The van der Waals surface area contributed by atoms with Gasteiger partial charge in [0.2, 0.25) is 10.0 Å². The molecule has 0 aliphatic heterocycles. The van der Waals surface area contributed by atoms with Gasteiger partial charge in [-0.1, -0.05) is 32.9 Å². The van der Waals surface area contributed by atoms with Crippen molar-refractivity contribution in [2.45, 2.75) is 45.1 Å². The summed E-state index contributed by atoms with van der Waals surface area (Å²) in [6.07, 6.45) is 1.66. The van der Waals surface area contributed by atoms with E-state index >= 15 is 0 Å². The van der Waals surface area contributed by atoms with Gasteiger partial charge in [-0.25, -0.2) is 8.42 Å². The van der Waals surface area contributed by atoms with Crippen LogP contribution < -0.4 is 5.32 Å². The van der Waals surface area contributed by atoms with Gasteiger partial charge >= 0.3 is 0 Å². The Kier molecular flexibility index (Phi) is 7.19. The van der Waals surface area contributed by atoms with Crippen LogP contribution in [0.15, 0.2) is 29.2 Å². The second kappa shape index (κ2) is 8.39. The summed E-state index contributed by atoms with van der Waals surface area (Å²) in [6.45, 7) is 8.87. The first-order chi connectivity index (χ1) is 9.56. The molecule has 0 aromatic heterocycles. The van der Waals surface area contributed by atoms with E-state index in [-0.39, 0.29) is 0 Å². The summed E-state index contributed by atoms with van der Waals surface area (Å²) in [4.78, 5) is 0.389. The van der Waals surface area contributed by atoms with E-state index < -0.39 is 10.0 Å². The number of sulfonamides is 1. The number of nitrogens with one attached hydrogen (secondary N) is 1. The number of nitrogens with zero attached hydrogens (tertiary/aromatic N) is 1. The van der Waals surface area contributed by atoms with Gasteiger partial charge in [0.1, 0.15) is 0 Å². The van der Waals surface area contributed by atoms with Crippen LogP contribution in [0, 0.1) is 0 Å². The normalized spacial score (nSPS) is 12.0. The number of hydrogen-bond acceptors (Lipinski definition) is 3. The average Bonchev–Trinajstić information content (AvgIpc) is 2.45. The van der Waals surface area contributed by atoms with E-state index in [0.717, 1.165) is 31.5 Å². The lowest BCUT2D eigenvalue weighted by atomic mass is 10.2. The molecule has 0 saturated carbocycles. The summed E-state index contributed by atoms with van der Waals surface area (Å²) >= 11 is 0. The van der Waals surface area contributed by atoms with E-state index in [1.807, 2.05) is 32.9 Å². The Hall–Kier alpha value is -0.910. The van der Waals surface area contributed by atoms with Gasteiger partial charge in [0, 0.05) is 19.6 Å². The third-order valence-corrected chi connectivity index (χ3v) is 5.00. The first-order valence-corrected chi connectivity index (χ1v) is 8.80. The van der Waals surface area contributed by atoms with Crippen LogP contribution in [-0.4, -0.2) is 32.4 Å². The highest BCUT2D eigenvalue weighted by Gasteiger charge is 2.22. The topological polar surface area (TPSA) is 49.4 Å². The van der Waals surface area contributed by atoms with Crippen LogP contribution in [0.5, 0.6) is 0 Å². The minimum absolute atomic E-state index is 0.389. The van der Waals surface area contributed by atoms with Crippen molar-refractivity contribution in [2.24, 2.45) is 0 Å². The Morgan fingerprint density at radius 1 is 1.00 bits per heavy atom. The van der Waals surface area contributed by atoms with Crippen molar-refractivity contribution in [3.05, 3.63) is 29.8 Å². The van der Waals surface area contributed by atoms with E-state index in [1.165, 1.54) is 0 Å². The van der Waals surface area contributed by atoms with Gasteiger partial charge in [-0.05, 0) is 37.1 Å². The summed E-state index contributed by atoms with van der Waals surface area (Å²) in [5, 5.41) is 3.23. The summed E-state index contributed by atoms with van der Waals surface area (Å²) in [5.74, 6) is 0. The van der Waals surface area contributed by atoms with Crippen molar-refractivity contribution in [2.75, 3.05) is 19.6 Å². The van der Waals surface area contributed by atoms with Crippen LogP contribution in [0.1, 0.15) is 39.2 Å². The maximum absolute atomic E-state index is 12.5. The van der Waals surface area contributed by atoms with Crippen LogP contribution in [0.3, 0.4) is 0 Å². The van der Waals surface area contributed by atoms with Gasteiger partial charge in [0.25, 0.3) is 0 Å². The Bertz CT molecular complexity index is 477. The Balaban J connectivity index is 2.90. The van der Waals surface area contributed by atoms with Crippen LogP contribution in [-0.2, 0) is 16.6 Å². The zero-order valence-corrected chi connectivity index (χ0v) is 13.5. The predicted octanol–water partition coefficient (Wildman–Crippen LogP) is 2.61. The first kappa shape index (κ1) is 17.1. The molecule has 0 saturated heterocycles. The van der Waals surface area contributed by atoms with Crippen LogP contribution >= 0.6 is 0 Å². The molecule has 0 spiro atoms. The average molecular weight is 298 g/mol. The molecular formula is C15H26N2O2S. The molecule has 1 aromatic carbocycles. The summed E-state index contributed by atoms with van der Waals surface area (Å²) in [6, 6.07) is 7.18. The van der Waals surface area contributed by atoms with Gasteiger partial charge in [-0.3, -0.25) is 0 Å². The highest BCUT2D eigenvalue weighted by molar-refractivity contribution is 7.89. The van der Waals surface area contributed by atoms with E-state index in [2.05, 4.69) is 5.32 Å². The van der Waals surface area contributed by atoms with Crippen molar-refractivity contribution < 1.29 is 8.42 Å². The molecule has 20 heavy (non-hydrogen) atoms. The molecule has 0 aliphatic rings. The Morgan fingerprint density at radius 2 is 1.55 bits per heavy atom. The molecule has 1 aromatic rings. The van der Waals surface area contributed by atoms with E-state index in [4.69, 9.17) is 0 Å². The van der Waals surface area contributed by atoms with Gasteiger partial charge in [-0.2, -0.15) is 4.31 Å². The molecule has 114 valence electrons. The zero-order valence-electron chi connectivity index (χ0n) is 12.7. The van der Waals surface area contributed by atoms with Crippen LogP contribution in [0.25, 0.3) is 0 Å². The Morgan fingerprint density at radius 3 is 2.00 bits per heavy atom. The maximum Gasteiger partial charge on any atom is 0.243 e. The van der Waals surface area contributed by atoms with Crippen molar-refractivity contribution in [1.82, 2.24) is 9.62 Å². The zero-order chi connectivity index (χ0) is 15.0. The maximum atomic E-state index is 12.5. The van der Waals surface area contributed by atoms with Crippen molar-refractivity contribution in [3.8, 4) is 0 Å². The smallest absolute Gasteiger partial charge is 0.243 e. The minimum Gasteiger partial charge on any atom is -0.313 e. The van der Waals surface area contributed by atoms with Crippen LogP contribution in [0.2, 0.25) is 0 Å². The molecule has 1 rings (SSSR count).